The molecule has 1 unspecified atom stereocenters. The minimum Gasteiger partial charge on any atom is -0.375 e. The highest BCUT2D eigenvalue weighted by Crippen LogP contribution is 2.38. The first-order valence-electron chi connectivity index (χ1n) is 7.35. The smallest absolute Gasteiger partial charge is 0.233 e. The van der Waals surface area contributed by atoms with Crippen LogP contribution in [0.5, 0.6) is 0 Å². The maximum absolute atomic E-state index is 12.3. The Kier molecular flexibility index (Phi) is 4.46. The van der Waals surface area contributed by atoms with E-state index in [9.17, 15) is 4.79 Å². The van der Waals surface area contributed by atoms with E-state index in [4.69, 9.17) is 10.5 Å². The average molecular weight is 311 g/mol. The van der Waals surface area contributed by atoms with Gasteiger partial charge in [0.2, 0.25) is 5.91 Å². The molecule has 1 atom stereocenters. The highest BCUT2D eigenvalue weighted by molar-refractivity contribution is 7.99. The number of amides is 1. The summed E-state index contributed by atoms with van der Waals surface area (Å²) in [6.07, 6.45) is 2.41. The van der Waals surface area contributed by atoms with Gasteiger partial charge in [-0.15, -0.1) is 10.2 Å². The zero-order chi connectivity index (χ0) is 14.8. The largest absolute Gasteiger partial charge is 0.375 e. The molecular weight excluding hydrogens is 290 g/mol. The molecule has 7 nitrogen and oxygen atoms in total. The van der Waals surface area contributed by atoms with Crippen molar-refractivity contribution in [3.63, 3.8) is 0 Å². The fourth-order valence-electron chi connectivity index (χ4n) is 2.51. The molecule has 1 saturated carbocycles. The Balaban J connectivity index is 1.59. The van der Waals surface area contributed by atoms with Gasteiger partial charge < -0.3 is 19.9 Å². The zero-order valence-corrected chi connectivity index (χ0v) is 13.0. The predicted octanol–water partition coefficient (Wildman–Crippen LogP) is 0.411. The van der Waals surface area contributed by atoms with Gasteiger partial charge in [0.05, 0.1) is 25.0 Å². The first kappa shape index (κ1) is 14.8. The normalized spacial score (nSPS) is 22.6. The lowest BCUT2D eigenvalue weighted by Crippen LogP contribution is -2.45. The van der Waals surface area contributed by atoms with E-state index in [1.807, 2.05) is 11.8 Å². The monoisotopic (exact) mass is 311 g/mol. The summed E-state index contributed by atoms with van der Waals surface area (Å²) >= 11 is 1.46. The van der Waals surface area contributed by atoms with E-state index in [0.717, 1.165) is 23.8 Å². The van der Waals surface area contributed by atoms with E-state index in [1.54, 1.807) is 0 Å². The first-order valence-corrected chi connectivity index (χ1v) is 8.33. The van der Waals surface area contributed by atoms with Crippen molar-refractivity contribution in [2.75, 3.05) is 25.4 Å². The van der Waals surface area contributed by atoms with Crippen LogP contribution < -0.4 is 5.73 Å². The number of nitrogens with two attached hydrogens (primary N) is 1. The Morgan fingerprint density at radius 3 is 2.95 bits per heavy atom. The summed E-state index contributed by atoms with van der Waals surface area (Å²) in [5, 5.41) is 9.11. The van der Waals surface area contributed by atoms with Crippen molar-refractivity contribution in [1.82, 2.24) is 19.7 Å². The highest BCUT2D eigenvalue weighted by Gasteiger charge is 2.30. The molecule has 2 aliphatic rings. The number of morpholine rings is 1. The Morgan fingerprint density at radius 1 is 1.48 bits per heavy atom. The van der Waals surface area contributed by atoms with Crippen molar-refractivity contribution >= 4 is 17.7 Å². The Hall–Kier alpha value is -1.12. The van der Waals surface area contributed by atoms with Crippen LogP contribution >= 0.6 is 11.8 Å². The van der Waals surface area contributed by atoms with Crippen LogP contribution in [0.25, 0.3) is 0 Å². The second kappa shape index (κ2) is 6.33. The fourth-order valence-corrected chi connectivity index (χ4v) is 3.43. The molecule has 3 rings (SSSR count). The minimum atomic E-state index is 0.117. The van der Waals surface area contributed by atoms with Crippen molar-refractivity contribution in [1.29, 1.82) is 0 Å². The SMILES string of the molecule is CC1CN(C(=O)CSc2nnc(CN)n2C2CC2)CCO1. The summed E-state index contributed by atoms with van der Waals surface area (Å²) in [5.74, 6) is 1.34. The third-order valence-corrected chi connectivity index (χ3v) is 4.68. The predicted molar refractivity (Wildman–Crippen MR) is 78.9 cm³/mol. The van der Waals surface area contributed by atoms with Crippen LogP contribution in [0.15, 0.2) is 5.16 Å². The van der Waals surface area contributed by atoms with Crippen LogP contribution in [-0.4, -0.2) is 57.1 Å². The van der Waals surface area contributed by atoms with E-state index in [0.29, 0.717) is 38.0 Å². The molecule has 8 heteroatoms. The molecule has 1 aliphatic carbocycles. The van der Waals surface area contributed by atoms with Crippen LogP contribution in [0.3, 0.4) is 0 Å². The molecule has 1 aliphatic heterocycles. The van der Waals surface area contributed by atoms with Gasteiger partial charge in [-0.2, -0.15) is 0 Å². The Bertz CT molecular complexity index is 517. The Morgan fingerprint density at radius 2 is 2.29 bits per heavy atom. The molecule has 1 aromatic rings. The molecule has 1 saturated heterocycles. The molecule has 0 spiro atoms. The zero-order valence-electron chi connectivity index (χ0n) is 12.2. The number of hydrogen-bond acceptors (Lipinski definition) is 6. The van der Waals surface area contributed by atoms with Crippen LogP contribution in [0.4, 0.5) is 0 Å². The number of nitrogens with zero attached hydrogens (tertiary/aromatic N) is 4. The summed E-state index contributed by atoms with van der Waals surface area (Å²) in [6, 6.07) is 0.472. The molecule has 2 fully saturated rings. The molecule has 0 aromatic carbocycles. The molecule has 0 radical (unpaired) electrons. The van der Waals surface area contributed by atoms with Gasteiger partial charge in [-0.25, -0.2) is 0 Å². The summed E-state index contributed by atoms with van der Waals surface area (Å²) in [4.78, 5) is 14.1. The average Bonchev–Trinajstić information content (AvgIpc) is 3.24. The van der Waals surface area contributed by atoms with Gasteiger partial charge in [0.1, 0.15) is 5.82 Å². The van der Waals surface area contributed by atoms with E-state index < -0.39 is 0 Å². The second-order valence-corrected chi connectivity index (χ2v) is 6.46. The van der Waals surface area contributed by atoms with E-state index in [2.05, 4.69) is 14.8 Å². The van der Waals surface area contributed by atoms with Crippen LogP contribution in [0.2, 0.25) is 0 Å². The quantitative estimate of drug-likeness (QED) is 0.793. The number of aromatic nitrogens is 3. The van der Waals surface area contributed by atoms with Gasteiger partial charge in [0, 0.05) is 19.1 Å². The third kappa shape index (κ3) is 3.38. The highest BCUT2D eigenvalue weighted by atomic mass is 32.2. The van der Waals surface area contributed by atoms with Gasteiger partial charge in [0.25, 0.3) is 0 Å². The maximum atomic E-state index is 12.3. The van der Waals surface area contributed by atoms with E-state index >= 15 is 0 Å². The number of ether oxygens (including phenoxy) is 1. The van der Waals surface area contributed by atoms with Crippen LogP contribution in [0.1, 0.15) is 31.6 Å². The number of hydrogen-bond donors (Lipinski definition) is 1. The molecule has 0 bridgehead atoms. The number of rotatable bonds is 5. The summed E-state index contributed by atoms with van der Waals surface area (Å²) < 4.78 is 7.55. The van der Waals surface area contributed by atoms with Gasteiger partial charge in [-0.05, 0) is 19.8 Å². The Labute approximate surface area is 128 Å². The van der Waals surface area contributed by atoms with Crippen LogP contribution in [0, 0.1) is 0 Å². The van der Waals surface area contributed by atoms with E-state index in [1.165, 1.54) is 11.8 Å². The molecule has 1 aromatic heterocycles. The number of carbonyl (C=O) groups is 1. The standard InChI is InChI=1S/C13H21N5O2S/c1-9-7-17(4-5-20-9)12(19)8-21-13-16-15-11(6-14)18(13)10-2-3-10/h9-10H,2-8,14H2,1H3. The lowest BCUT2D eigenvalue weighted by atomic mass is 10.3. The maximum Gasteiger partial charge on any atom is 0.233 e. The lowest BCUT2D eigenvalue weighted by molar-refractivity contribution is -0.135. The number of carbonyl (C=O) groups excluding carboxylic acids is 1. The van der Waals surface area contributed by atoms with Crippen molar-refractivity contribution in [3.8, 4) is 0 Å². The third-order valence-electron chi connectivity index (χ3n) is 3.75. The van der Waals surface area contributed by atoms with Gasteiger partial charge in [-0.1, -0.05) is 11.8 Å². The topological polar surface area (TPSA) is 86.3 Å². The lowest BCUT2D eigenvalue weighted by Gasteiger charge is -2.31. The molecule has 1 amide bonds. The molecular formula is C13H21N5O2S. The van der Waals surface area contributed by atoms with Gasteiger partial charge in [0.15, 0.2) is 5.16 Å². The molecule has 116 valence electrons. The molecule has 21 heavy (non-hydrogen) atoms. The van der Waals surface area contributed by atoms with Crippen molar-refractivity contribution in [2.24, 2.45) is 5.73 Å². The van der Waals surface area contributed by atoms with Crippen molar-refractivity contribution < 1.29 is 9.53 Å². The first-order chi connectivity index (χ1) is 10.2. The van der Waals surface area contributed by atoms with Crippen molar-refractivity contribution in [3.05, 3.63) is 5.82 Å². The second-order valence-electron chi connectivity index (χ2n) is 5.51. The van der Waals surface area contributed by atoms with E-state index in [-0.39, 0.29) is 12.0 Å². The molecule has 2 heterocycles. The minimum absolute atomic E-state index is 0.117. The summed E-state index contributed by atoms with van der Waals surface area (Å²) in [5.41, 5.74) is 5.70. The van der Waals surface area contributed by atoms with Crippen molar-refractivity contribution in [2.45, 2.75) is 43.6 Å². The van der Waals surface area contributed by atoms with Crippen LogP contribution in [-0.2, 0) is 16.1 Å². The summed E-state index contributed by atoms with van der Waals surface area (Å²) in [7, 11) is 0. The molecule has 2 N–H and O–H groups in total. The van der Waals surface area contributed by atoms with Gasteiger partial charge >= 0.3 is 0 Å². The number of thioether (sulfide) groups is 1. The fraction of sp³-hybridized carbons (Fsp3) is 0.769. The summed E-state index contributed by atoms with van der Waals surface area (Å²) in [6.45, 7) is 4.34. The van der Waals surface area contributed by atoms with Gasteiger partial charge in [-0.3, -0.25) is 4.79 Å².